The molecule has 3 rings (SSSR count). The lowest BCUT2D eigenvalue weighted by Gasteiger charge is -2.23. The third-order valence-electron chi connectivity index (χ3n) is 5.37. The molecule has 0 spiro atoms. The van der Waals surface area contributed by atoms with Crippen LogP contribution in [0.4, 0.5) is 11.4 Å². The lowest BCUT2D eigenvalue weighted by atomic mass is 10.1. The molecule has 0 fully saturated rings. The normalized spacial score (nSPS) is 10.9. The number of benzene rings is 3. The van der Waals surface area contributed by atoms with E-state index in [0.717, 1.165) is 6.26 Å². The zero-order valence-electron chi connectivity index (χ0n) is 21.2. The second-order valence-corrected chi connectivity index (χ2v) is 10.3. The number of carbonyl (C=O) groups is 2. The summed E-state index contributed by atoms with van der Waals surface area (Å²) < 4.78 is 46.9. The van der Waals surface area contributed by atoms with Gasteiger partial charge >= 0.3 is 5.97 Å². The molecule has 0 atom stereocenters. The molecule has 0 saturated carbocycles. The molecule has 3 aromatic carbocycles. The van der Waals surface area contributed by atoms with Gasteiger partial charge in [-0.2, -0.15) is 0 Å². The van der Waals surface area contributed by atoms with Gasteiger partial charge in [-0.05, 0) is 35.9 Å². The third kappa shape index (κ3) is 7.08. The second kappa shape index (κ2) is 12.5. The molecule has 0 aliphatic rings. The minimum Gasteiger partial charge on any atom is -0.493 e. The molecular formula is C26H27ClN2O8S. The molecule has 3 aromatic rings. The Balaban J connectivity index is 1.72. The van der Waals surface area contributed by atoms with Gasteiger partial charge in [0.2, 0.25) is 10.0 Å². The van der Waals surface area contributed by atoms with Crippen LogP contribution < -0.4 is 23.8 Å². The van der Waals surface area contributed by atoms with Crippen molar-refractivity contribution >= 4 is 44.9 Å². The van der Waals surface area contributed by atoms with Gasteiger partial charge in [-0.15, -0.1) is 0 Å². The van der Waals surface area contributed by atoms with Crippen molar-refractivity contribution in [1.82, 2.24) is 0 Å². The average Bonchev–Trinajstić information content (AvgIpc) is 2.90. The Hall–Kier alpha value is -3.96. The summed E-state index contributed by atoms with van der Waals surface area (Å²) in [5, 5.41) is 3.06. The Kier molecular flexibility index (Phi) is 9.43. The minimum absolute atomic E-state index is 0.0506. The predicted octanol–water partition coefficient (Wildman–Crippen LogP) is 4.13. The summed E-state index contributed by atoms with van der Waals surface area (Å²) in [6, 6.07) is 16.0. The Morgan fingerprint density at radius 2 is 1.58 bits per heavy atom. The van der Waals surface area contributed by atoms with Gasteiger partial charge in [-0.25, -0.2) is 13.2 Å². The first-order chi connectivity index (χ1) is 18.1. The monoisotopic (exact) mass is 562 g/mol. The summed E-state index contributed by atoms with van der Waals surface area (Å²) in [6.45, 7) is -0.335. The van der Waals surface area contributed by atoms with Gasteiger partial charge < -0.3 is 24.3 Å². The molecule has 0 unspecified atom stereocenters. The van der Waals surface area contributed by atoms with Crippen molar-refractivity contribution in [3.05, 3.63) is 76.8 Å². The first-order valence-electron chi connectivity index (χ1n) is 11.2. The fourth-order valence-electron chi connectivity index (χ4n) is 3.49. The van der Waals surface area contributed by atoms with Crippen LogP contribution in [0.2, 0.25) is 5.02 Å². The van der Waals surface area contributed by atoms with E-state index in [1.165, 1.54) is 37.8 Å². The van der Waals surface area contributed by atoms with E-state index >= 15 is 0 Å². The molecular weight excluding hydrogens is 536 g/mol. The molecule has 0 aromatic heterocycles. The largest absolute Gasteiger partial charge is 0.493 e. The van der Waals surface area contributed by atoms with Crippen LogP contribution >= 0.6 is 11.6 Å². The summed E-state index contributed by atoms with van der Waals surface area (Å²) in [4.78, 5) is 24.8. The van der Waals surface area contributed by atoms with Crippen LogP contribution in [0.3, 0.4) is 0 Å². The van der Waals surface area contributed by atoms with Crippen LogP contribution in [0.15, 0.2) is 60.7 Å². The van der Waals surface area contributed by atoms with Crippen LogP contribution in [0, 0.1) is 0 Å². The maximum atomic E-state index is 12.6. The number of hydrogen-bond donors (Lipinski definition) is 1. The molecule has 0 heterocycles. The van der Waals surface area contributed by atoms with Gasteiger partial charge in [0.1, 0.15) is 5.75 Å². The van der Waals surface area contributed by atoms with E-state index in [4.69, 9.17) is 30.5 Å². The topological polar surface area (TPSA) is 120 Å². The minimum atomic E-state index is -3.62. The number of nitrogens with zero attached hydrogens (tertiary/aromatic N) is 1. The molecule has 0 aliphatic carbocycles. The highest BCUT2D eigenvalue weighted by atomic mass is 35.5. The van der Waals surface area contributed by atoms with E-state index in [0.29, 0.717) is 33.5 Å². The van der Waals surface area contributed by atoms with Crippen molar-refractivity contribution in [2.24, 2.45) is 0 Å². The SMILES string of the molecule is COC(=O)c1cc(OC)c(OC)cc1NC(=O)COc1ccc(N(Cc2ccccc2Cl)S(C)(=O)=O)cc1. The number of nitrogens with one attached hydrogen (secondary N) is 1. The first kappa shape index (κ1) is 28.6. The van der Waals surface area contributed by atoms with Gasteiger partial charge in [0.05, 0.1) is 51.1 Å². The van der Waals surface area contributed by atoms with Gasteiger partial charge in [0.15, 0.2) is 18.1 Å². The number of ether oxygens (including phenoxy) is 4. The maximum Gasteiger partial charge on any atom is 0.340 e. The van der Waals surface area contributed by atoms with E-state index in [9.17, 15) is 18.0 Å². The molecule has 38 heavy (non-hydrogen) atoms. The molecule has 12 heteroatoms. The van der Waals surface area contributed by atoms with Crippen molar-refractivity contribution in [1.29, 1.82) is 0 Å². The Bertz CT molecular complexity index is 1410. The van der Waals surface area contributed by atoms with Crippen molar-refractivity contribution < 1.29 is 37.0 Å². The Labute approximate surface area is 226 Å². The number of hydrogen-bond acceptors (Lipinski definition) is 8. The summed E-state index contributed by atoms with van der Waals surface area (Å²) in [6.07, 6.45) is 1.11. The predicted molar refractivity (Wildman–Crippen MR) is 144 cm³/mol. The standard InChI is InChI=1S/C26H27ClN2O8S/c1-34-23-13-20(26(31)36-3)22(14-24(23)35-2)28-25(30)16-37-19-11-9-18(10-12-19)29(38(4,32)33)15-17-7-5-6-8-21(17)27/h5-14H,15-16H2,1-4H3,(H,28,30). The molecule has 202 valence electrons. The first-order valence-corrected chi connectivity index (χ1v) is 13.4. The molecule has 10 nitrogen and oxygen atoms in total. The van der Waals surface area contributed by atoms with Gasteiger partial charge in [-0.3, -0.25) is 9.10 Å². The van der Waals surface area contributed by atoms with Crippen molar-refractivity contribution in [2.45, 2.75) is 6.54 Å². The number of anilines is 2. The van der Waals surface area contributed by atoms with Crippen LogP contribution in [-0.4, -0.2) is 54.5 Å². The smallest absolute Gasteiger partial charge is 0.340 e. The zero-order valence-corrected chi connectivity index (χ0v) is 22.8. The quantitative estimate of drug-likeness (QED) is 0.346. The molecule has 0 aliphatic heterocycles. The van der Waals surface area contributed by atoms with E-state index in [2.05, 4.69) is 5.32 Å². The molecule has 0 bridgehead atoms. The number of halogens is 1. The Morgan fingerprint density at radius 3 is 2.16 bits per heavy atom. The number of esters is 1. The van der Waals surface area contributed by atoms with Crippen molar-refractivity contribution in [2.75, 3.05) is 43.8 Å². The van der Waals surface area contributed by atoms with Crippen molar-refractivity contribution in [3.63, 3.8) is 0 Å². The molecule has 0 saturated heterocycles. The number of carbonyl (C=O) groups excluding carboxylic acids is 2. The van der Waals surface area contributed by atoms with Crippen molar-refractivity contribution in [3.8, 4) is 17.2 Å². The molecule has 1 N–H and O–H groups in total. The maximum absolute atomic E-state index is 12.6. The van der Waals surface area contributed by atoms with Crippen LogP contribution in [0.25, 0.3) is 0 Å². The van der Waals surface area contributed by atoms with Crippen LogP contribution in [0.5, 0.6) is 17.2 Å². The highest BCUT2D eigenvalue weighted by Gasteiger charge is 2.21. The second-order valence-electron chi connectivity index (χ2n) is 7.94. The van der Waals surface area contributed by atoms with Crippen LogP contribution in [0.1, 0.15) is 15.9 Å². The molecule has 1 amide bonds. The highest BCUT2D eigenvalue weighted by molar-refractivity contribution is 7.92. The van der Waals surface area contributed by atoms with E-state index in [-0.39, 0.29) is 24.4 Å². The van der Waals surface area contributed by atoms with Gasteiger partial charge in [0, 0.05) is 17.2 Å². The zero-order chi connectivity index (χ0) is 27.9. The van der Waals surface area contributed by atoms with E-state index < -0.39 is 21.9 Å². The summed E-state index contributed by atoms with van der Waals surface area (Å²) in [5.41, 5.74) is 1.28. The fraction of sp³-hybridized carbons (Fsp3) is 0.231. The van der Waals surface area contributed by atoms with E-state index in [1.807, 2.05) is 0 Å². The van der Waals surface area contributed by atoms with E-state index in [1.54, 1.807) is 48.5 Å². The summed E-state index contributed by atoms with van der Waals surface area (Å²) in [5.74, 6) is -0.303. The van der Waals surface area contributed by atoms with Crippen LogP contribution in [-0.2, 0) is 26.1 Å². The number of sulfonamides is 1. The third-order valence-corrected chi connectivity index (χ3v) is 6.88. The average molecular weight is 563 g/mol. The lowest BCUT2D eigenvalue weighted by Crippen LogP contribution is -2.29. The lowest BCUT2D eigenvalue weighted by molar-refractivity contribution is -0.118. The molecule has 0 radical (unpaired) electrons. The van der Waals surface area contributed by atoms with Gasteiger partial charge in [0.25, 0.3) is 5.91 Å². The number of methoxy groups -OCH3 is 3. The van der Waals surface area contributed by atoms with Gasteiger partial charge in [-0.1, -0.05) is 29.8 Å². The Morgan fingerprint density at radius 1 is 0.947 bits per heavy atom. The summed E-state index contributed by atoms with van der Waals surface area (Å²) in [7, 11) is 0.444. The highest BCUT2D eigenvalue weighted by Crippen LogP contribution is 2.34. The summed E-state index contributed by atoms with van der Waals surface area (Å²) >= 11 is 6.21. The number of rotatable bonds is 11. The number of amides is 1. The fourth-order valence-corrected chi connectivity index (χ4v) is 4.56.